The molecule has 6 nitrogen and oxygen atoms in total. The Morgan fingerprint density at radius 2 is 2.31 bits per heavy atom. The van der Waals surface area contributed by atoms with Crippen molar-refractivity contribution in [2.75, 3.05) is 20.3 Å². The van der Waals surface area contributed by atoms with Crippen molar-refractivity contribution in [3.8, 4) is 0 Å². The third-order valence-corrected chi connectivity index (χ3v) is 1.35. The first kappa shape index (κ1) is 10.1. The topological polar surface area (TPSA) is 83.4 Å². The Bertz CT molecular complexity index is 239. The van der Waals surface area contributed by atoms with E-state index in [0.717, 1.165) is 0 Å². The van der Waals surface area contributed by atoms with Gasteiger partial charge in [-0.25, -0.2) is 0 Å². The van der Waals surface area contributed by atoms with Crippen LogP contribution in [0.1, 0.15) is 11.7 Å². The largest absolute Gasteiger partial charge is 0.382 e. The standard InChI is InChI=1S/C7H13N3O3/c1-11-2-3-12-5-7-9-6(4-8)10-13-7/h2-5,8H2,1H3. The van der Waals surface area contributed by atoms with Gasteiger partial charge in [-0.05, 0) is 0 Å². The predicted molar refractivity (Wildman–Crippen MR) is 43.7 cm³/mol. The SMILES string of the molecule is COCCOCc1nc(CN)no1. The molecule has 0 aliphatic rings. The van der Waals surface area contributed by atoms with Gasteiger partial charge in [-0.2, -0.15) is 4.98 Å². The van der Waals surface area contributed by atoms with Gasteiger partial charge in [0.25, 0.3) is 5.89 Å². The van der Waals surface area contributed by atoms with Gasteiger partial charge < -0.3 is 19.7 Å². The molecule has 0 aromatic carbocycles. The van der Waals surface area contributed by atoms with Crippen LogP contribution >= 0.6 is 0 Å². The molecule has 0 atom stereocenters. The summed E-state index contributed by atoms with van der Waals surface area (Å²) in [7, 11) is 1.61. The van der Waals surface area contributed by atoms with Crippen LogP contribution in [0.4, 0.5) is 0 Å². The Morgan fingerprint density at radius 3 is 2.92 bits per heavy atom. The first-order valence-electron chi connectivity index (χ1n) is 3.95. The van der Waals surface area contributed by atoms with E-state index in [1.54, 1.807) is 7.11 Å². The number of hydrogen-bond donors (Lipinski definition) is 1. The minimum atomic E-state index is 0.279. The molecule has 0 radical (unpaired) electrons. The van der Waals surface area contributed by atoms with Gasteiger partial charge in [0.05, 0.1) is 19.8 Å². The molecule has 0 unspecified atom stereocenters. The molecule has 0 bridgehead atoms. The average molecular weight is 187 g/mol. The molecule has 1 heterocycles. The van der Waals surface area contributed by atoms with E-state index >= 15 is 0 Å². The minimum absolute atomic E-state index is 0.279. The lowest BCUT2D eigenvalue weighted by Gasteiger charge is -1.98. The lowest BCUT2D eigenvalue weighted by Crippen LogP contribution is -2.02. The number of rotatable bonds is 6. The molecular weight excluding hydrogens is 174 g/mol. The molecule has 74 valence electrons. The van der Waals surface area contributed by atoms with Gasteiger partial charge in [-0.3, -0.25) is 0 Å². The maximum atomic E-state index is 5.29. The number of methoxy groups -OCH3 is 1. The summed E-state index contributed by atoms with van der Waals surface area (Å²) < 4.78 is 14.8. The molecule has 0 amide bonds. The monoisotopic (exact) mass is 187 g/mol. The molecule has 1 aromatic rings. The van der Waals surface area contributed by atoms with Gasteiger partial charge in [-0.1, -0.05) is 5.16 Å². The van der Waals surface area contributed by atoms with Crippen molar-refractivity contribution in [2.24, 2.45) is 5.73 Å². The van der Waals surface area contributed by atoms with Crippen molar-refractivity contribution in [1.82, 2.24) is 10.1 Å². The summed E-state index contributed by atoms with van der Waals surface area (Å²) in [6, 6.07) is 0. The summed E-state index contributed by atoms with van der Waals surface area (Å²) in [5, 5.41) is 3.61. The second-order valence-corrected chi connectivity index (χ2v) is 2.35. The van der Waals surface area contributed by atoms with Gasteiger partial charge in [-0.15, -0.1) is 0 Å². The zero-order chi connectivity index (χ0) is 9.52. The highest BCUT2D eigenvalue weighted by Gasteiger charge is 2.03. The van der Waals surface area contributed by atoms with E-state index in [-0.39, 0.29) is 6.54 Å². The van der Waals surface area contributed by atoms with E-state index in [4.69, 9.17) is 19.7 Å². The summed E-state index contributed by atoms with van der Waals surface area (Å²) >= 11 is 0. The zero-order valence-electron chi connectivity index (χ0n) is 7.52. The third kappa shape index (κ3) is 3.49. The Morgan fingerprint density at radius 1 is 1.46 bits per heavy atom. The minimum Gasteiger partial charge on any atom is -0.382 e. The maximum absolute atomic E-state index is 5.29. The highest BCUT2D eigenvalue weighted by molar-refractivity contribution is 4.82. The van der Waals surface area contributed by atoms with Crippen molar-refractivity contribution >= 4 is 0 Å². The van der Waals surface area contributed by atoms with Crippen molar-refractivity contribution in [1.29, 1.82) is 0 Å². The van der Waals surface area contributed by atoms with Gasteiger partial charge in [0, 0.05) is 7.11 Å². The first-order valence-corrected chi connectivity index (χ1v) is 3.95. The van der Waals surface area contributed by atoms with Gasteiger partial charge >= 0.3 is 0 Å². The van der Waals surface area contributed by atoms with Crippen LogP contribution in [-0.4, -0.2) is 30.5 Å². The zero-order valence-corrected chi connectivity index (χ0v) is 7.52. The van der Waals surface area contributed by atoms with Crippen LogP contribution in [-0.2, 0) is 22.6 Å². The van der Waals surface area contributed by atoms with Crippen LogP contribution in [0.15, 0.2) is 4.52 Å². The summed E-state index contributed by atoms with van der Waals surface area (Å²) in [5.74, 6) is 0.932. The molecule has 1 rings (SSSR count). The van der Waals surface area contributed by atoms with Crippen LogP contribution in [0.3, 0.4) is 0 Å². The second-order valence-electron chi connectivity index (χ2n) is 2.35. The van der Waals surface area contributed by atoms with Crippen LogP contribution < -0.4 is 5.73 Å². The smallest absolute Gasteiger partial charge is 0.252 e. The van der Waals surface area contributed by atoms with Crippen molar-refractivity contribution < 1.29 is 14.0 Å². The number of nitrogens with two attached hydrogens (primary N) is 1. The predicted octanol–water partition coefficient (Wildman–Crippen LogP) is -0.309. The van der Waals surface area contributed by atoms with E-state index in [2.05, 4.69) is 10.1 Å². The molecule has 1 aromatic heterocycles. The third-order valence-electron chi connectivity index (χ3n) is 1.35. The molecular formula is C7H13N3O3. The molecule has 0 saturated heterocycles. The molecule has 0 saturated carbocycles. The van der Waals surface area contributed by atoms with Crippen LogP contribution in [0.2, 0.25) is 0 Å². The van der Waals surface area contributed by atoms with Crippen LogP contribution in [0.5, 0.6) is 0 Å². The van der Waals surface area contributed by atoms with Crippen LogP contribution in [0.25, 0.3) is 0 Å². The second kappa shape index (κ2) is 5.63. The molecule has 13 heavy (non-hydrogen) atoms. The Labute approximate surface area is 76.0 Å². The summed E-state index contributed by atoms with van der Waals surface area (Å²) in [6.45, 7) is 1.65. The average Bonchev–Trinajstić information content (AvgIpc) is 2.60. The van der Waals surface area contributed by atoms with Crippen molar-refractivity contribution in [3.63, 3.8) is 0 Å². The summed E-state index contributed by atoms with van der Waals surface area (Å²) in [4.78, 5) is 3.96. The Kier molecular flexibility index (Phi) is 4.37. The number of hydrogen-bond acceptors (Lipinski definition) is 6. The summed E-state index contributed by atoms with van der Waals surface area (Å²) in [5.41, 5.74) is 5.29. The number of aromatic nitrogens is 2. The number of nitrogens with zero attached hydrogens (tertiary/aromatic N) is 2. The Hall–Kier alpha value is -0.980. The molecule has 0 spiro atoms. The highest BCUT2D eigenvalue weighted by Crippen LogP contribution is 1.98. The van der Waals surface area contributed by atoms with E-state index in [9.17, 15) is 0 Å². The van der Waals surface area contributed by atoms with E-state index in [1.807, 2.05) is 0 Å². The van der Waals surface area contributed by atoms with E-state index in [1.165, 1.54) is 0 Å². The fraction of sp³-hybridized carbons (Fsp3) is 0.714. The molecule has 6 heteroatoms. The highest BCUT2D eigenvalue weighted by atomic mass is 16.5. The van der Waals surface area contributed by atoms with Gasteiger partial charge in [0.2, 0.25) is 0 Å². The van der Waals surface area contributed by atoms with E-state index < -0.39 is 0 Å². The van der Waals surface area contributed by atoms with Crippen molar-refractivity contribution in [3.05, 3.63) is 11.7 Å². The Balaban J connectivity index is 2.20. The van der Waals surface area contributed by atoms with E-state index in [0.29, 0.717) is 31.5 Å². The lowest BCUT2D eigenvalue weighted by molar-refractivity contribution is 0.0494. The molecule has 0 aliphatic heterocycles. The molecule has 2 N–H and O–H groups in total. The normalized spacial score (nSPS) is 10.6. The van der Waals surface area contributed by atoms with Gasteiger partial charge in [0.1, 0.15) is 6.61 Å². The fourth-order valence-electron chi connectivity index (χ4n) is 0.733. The van der Waals surface area contributed by atoms with Gasteiger partial charge in [0.15, 0.2) is 5.82 Å². The molecule has 0 fully saturated rings. The maximum Gasteiger partial charge on any atom is 0.252 e. The summed E-state index contributed by atoms with van der Waals surface area (Å²) in [6.07, 6.45) is 0. The quantitative estimate of drug-likeness (QED) is 0.615. The fourth-order valence-corrected chi connectivity index (χ4v) is 0.733. The lowest BCUT2D eigenvalue weighted by atomic mass is 10.6. The first-order chi connectivity index (χ1) is 6.36. The molecule has 0 aliphatic carbocycles. The van der Waals surface area contributed by atoms with Crippen LogP contribution in [0, 0.1) is 0 Å². The number of ether oxygens (including phenoxy) is 2. The van der Waals surface area contributed by atoms with Crippen molar-refractivity contribution in [2.45, 2.75) is 13.2 Å².